The van der Waals surface area contributed by atoms with Crippen molar-refractivity contribution in [3.05, 3.63) is 47.4 Å². The summed E-state index contributed by atoms with van der Waals surface area (Å²) in [5, 5.41) is 3.30. The summed E-state index contributed by atoms with van der Waals surface area (Å²) in [4.78, 5) is 4.02. The highest BCUT2D eigenvalue weighted by Gasteiger charge is 2.04. The van der Waals surface area contributed by atoms with E-state index in [9.17, 15) is 4.39 Å². The van der Waals surface area contributed by atoms with Crippen molar-refractivity contribution < 1.29 is 4.39 Å². The number of rotatable bonds is 2. The van der Waals surface area contributed by atoms with Crippen LogP contribution in [-0.4, -0.2) is 4.98 Å². The molecule has 5 heteroatoms. The number of anilines is 3. The average Bonchev–Trinajstić information content (AvgIpc) is 2.25. The molecule has 0 radical (unpaired) electrons. The second-order valence-corrected chi connectivity index (χ2v) is 3.60. The van der Waals surface area contributed by atoms with Crippen LogP contribution in [0.5, 0.6) is 0 Å². The molecule has 0 atom stereocenters. The first-order chi connectivity index (χ1) is 7.66. The summed E-state index contributed by atoms with van der Waals surface area (Å²) in [6.45, 7) is 0. The molecule has 2 rings (SSSR count). The van der Waals surface area contributed by atoms with E-state index in [2.05, 4.69) is 10.3 Å². The van der Waals surface area contributed by atoms with Crippen LogP contribution in [0.1, 0.15) is 0 Å². The Morgan fingerprint density at radius 3 is 2.88 bits per heavy atom. The van der Waals surface area contributed by atoms with Crippen molar-refractivity contribution in [2.45, 2.75) is 0 Å². The summed E-state index contributed by atoms with van der Waals surface area (Å²) in [5.41, 5.74) is 6.63. The van der Waals surface area contributed by atoms with Crippen LogP contribution in [0, 0.1) is 5.82 Å². The van der Waals surface area contributed by atoms with E-state index in [-0.39, 0.29) is 5.82 Å². The summed E-state index contributed by atoms with van der Waals surface area (Å²) in [6, 6.07) is 7.61. The van der Waals surface area contributed by atoms with E-state index in [1.54, 1.807) is 18.2 Å². The van der Waals surface area contributed by atoms with E-state index >= 15 is 0 Å². The molecule has 0 aliphatic rings. The summed E-state index contributed by atoms with van der Waals surface area (Å²) in [6.07, 6.45) is 1.53. The van der Waals surface area contributed by atoms with Crippen molar-refractivity contribution in [3.8, 4) is 0 Å². The molecule has 3 nitrogen and oxygen atoms in total. The number of halogens is 2. The third kappa shape index (κ3) is 2.23. The molecule has 2 aromatic rings. The highest BCUT2D eigenvalue weighted by Crippen LogP contribution is 2.27. The Morgan fingerprint density at radius 1 is 1.31 bits per heavy atom. The van der Waals surface area contributed by atoms with Crippen molar-refractivity contribution in [3.63, 3.8) is 0 Å². The fraction of sp³-hybridized carbons (Fsp3) is 0. The molecule has 0 spiro atoms. The van der Waals surface area contributed by atoms with Gasteiger partial charge in [0.05, 0.1) is 10.7 Å². The minimum Gasteiger partial charge on any atom is -0.395 e. The lowest BCUT2D eigenvalue weighted by Crippen LogP contribution is -1.99. The van der Waals surface area contributed by atoms with Crippen LogP contribution in [0.3, 0.4) is 0 Å². The van der Waals surface area contributed by atoms with Crippen LogP contribution >= 0.6 is 11.6 Å². The maximum Gasteiger partial charge on any atom is 0.155 e. The molecule has 1 aromatic carbocycles. The molecule has 82 valence electrons. The van der Waals surface area contributed by atoms with E-state index in [4.69, 9.17) is 17.3 Å². The Hall–Kier alpha value is -1.81. The number of nitrogens with one attached hydrogen (secondary N) is 1. The molecule has 0 saturated carbocycles. The van der Waals surface area contributed by atoms with E-state index in [1.165, 1.54) is 18.3 Å². The van der Waals surface area contributed by atoms with Gasteiger partial charge in [0.1, 0.15) is 5.82 Å². The zero-order valence-corrected chi connectivity index (χ0v) is 9.00. The van der Waals surface area contributed by atoms with Gasteiger partial charge in [-0.05, 0) is 24.3 Å². The first-order valence-corrected chi connectivity index (χ1v) is 4.97. The number of hydrogen-bond donors (Lipinski definition) is 2. The van der Waals surface area contributed by atoms with Gasteiger partial charge in [0.15, 0.2) is 5.82 Å². The summed E-state index contributed by atoms with van der Waals surface area (Å²) in [5.74, 6) is 0.0868. The van der Waals surface area contributed by atoms with Gasteiger partial charge in [-0.15, -0.1) is 0 Å². The second-order valence-electron chi connectivity index (χ2n) is 3.19. The second kappa shape index (κ2) is 4.37. The standard InChI is InChI=1S/C11H9ClFN3/c12-9-4-5-15-11(10(9)14)16-8-3-1-2-7(13)6-8/h1-6H,14H2,(H,15,16). The number of nitrogen functional groups attached to an aromatic ring is 1. The molecule has 0 unspecified atom stereocenters. The third-order valence-corrected chi connectivity index (χ3v) is 2.35. The van der Waals surface area contributed by atoms with Crippen LogP contribution < -0.4 is 11.1 Å². The quantitative estimate of drug-likeness (QED) is 0.843. The Bertz CT molecular complexity index is 516. The molecule has 0 aliphatic heterocycles. The van der Waals surface area contributed by atoms with Crippen molar-refractivity contribution in [2.24, 2.45) is 0 Å². The van der Waals surface area contributed by atoms with Gasteiger partial charge in [-0.3, -0.25) is 0 Å². The monoisotopic (exact) mass is 237 g/mol. The van der Waals surface area contributed by atoms with Crippen molar-refractivity contribution in [1.29, 1.82) is 0 Å². The number of nitrogens with zero attached hydrogens (tertiary/aromatic N) is 1. The van der Waals surface area contributed by atoms with Gasteiger partial charge in [-0.25, -0.2) is 9.37 Å². The SMILES string of the molecule is Nc1c(Cl)ccnc1Nc1cccc(F)c1. The van der Waals surface area contributed by atoms with Crippen LogP contribution in [-0.2, 0) is 0 Å². The minimum atomic E-state index is -0.328. The van der Waals surface area contributed by atoms with Gasteiger partial charge < -0.3 is 11.1 Å². The molecular weight excluding hydrogens is 229 g/mol. The largest absolute Gasteiger partial charge is 0.395 e. The van der Waals surface area contributed by atoms with Gasteiger partial charge in [0.25, 0.3) is 0 Å². The average molecular weight is 238 g/mol. The van der Waals surface area contributed by atoms with Gasteiger partial charge in [0.2, 0.25) is 0 Å². The molecule has 1 aromatic heterocycles. The van der Waals surface area contributed by atoms with Gasteiger partial charge in [0, 0.05) is 11.9 Å². The summed E-state index contributed by atoms with van der Waals surface area (Å²) < 4.78 is 12.9. The molecule has 0 fully saturated rings. The Balaban J connectivity index is 2.31. The lowest BCUT2D eigenvalue weighted by Gasteiger charge is -2.08. The molecule has 0 aliphatic carbocycles. The Morgan fingerprint density at radius 2 is 2.12 bits per heavy atom. The zero-order valence-electron chi connectivity index (χ0n) is 8.24. The highest BCUT2D eigenvalue weighted by molar-refractivity contribution is 6.33. The Labute approximate surface area is 97.1 Å². The van der Waals surface area contributed by atoms with E-state index in [0.29, 0.717) is 22.2 Å². The first-order valence-electron chi connectivity index (χ1n) is 4.59. The van der Waals surface area contributed by atoms with Gasteiger partial charge in [-0.1, -0.05) is 17.7 Å². The number of aromatic nitrogens is 1. The summed E-state index contributed by atoms with van der Waals surface area (Å²) >= 11 is 5.83. The fourth-order valence-corrected chi connectivity index (χ4v) is 1.40. The smallest absolute Gasteiger partial charge is 0.155 e. The molecule has 16 heavy (non-hydrogen) atoms. The Kier molecular flexibility index (Phi) is 2.92. The van der Waals surface area contributed by atoms with Crippen molar-refractivity contribution in [1.82, 2.24) is 4.98 Å². The van der Waals surface area contributed by atoms with Crippen molar-refractivity contribution in [2.75, 3.05) is 11.1 Å². The van der Waals surface area contributed by atoms with Crippen LogP contribution in [0.25, 0.3) is 0 Å². The molecule has 0 bridgehead atoms. The lowest BCUT2D eigenvalue weighted by molar-refractivity contribution is 0.628. The maximum atomic E-state index is 12.9. The maximum absolute atomic E-state index is 12.9. The van der Waals surface area contributed by atoms with Gasteiger partial charge in [-0.2, -0.15) is 0 Å². The predicted molar refractivity (Wildman–Crippen MR) is 63.3 cm³/mol. The molecule has 0 saturated heterocycles. The normalized spacial score (nSPS) is 10.1. The van der Waals surface area contributed by atoms with E-state index in [1.807, 2.05) is 0 Å². The number of pyridine rings is 1. The highest BCUT2D eigenvalue weighted by atomic mass is 35.5. The third-order valence-electron chi connectivity index (χ3n) is 2.02. The summed E-state index contributed by atoms with van der Waals surface area (Å²) in [7, 11) is 0. The number of hydrogen-bond acceptors (Lipinski definition) is 3. The minimum absolute atomic E-state index is 0.328. The van der Waals surface area contributed by atoms with Crippen LogP contribution in [0.2, 0.25) is 5.02 Å². The van der Waals surface area contributed by atoms with Crippen LogP contribution in [0.15, 0.2) is 36.5 Å². The van der Waals surface area contributed by atoms with Crippen molar-refractivity contribution >= 4 is 28.8 Å². The lowest BCUT2D eigenvalue weighted by atomic mass is 10.3. The van der Waals surface area contributed by atoms with Gasteiger partial charge >= 0.3 is 0 Å². The zero-order chi connectivity index (χ0) is 11.5. The molecule has 1 heterocycles. The molecule has 3 N–H and O–H groups in total. The van der Waals surface area contributed by atoms with Crippen LogP contribution in [0.4, 0.5) is 21.6 Å². The molecular formula is C11H9ClFN3. The van der Waals surface area contributed by atoms with E-state index in [0.717, 1.165) is 0 Å². The molecule has 0 amide bonds. The number of nitrogens with two attached hydrogens (primary N) is 1. The topological polar surface area (TPSA) is 50.9 Å². The fourth-order valence-electron chi connectivity index (χ4n) is 1.25. The predicted octanol–water partition coefficient (Wildman–Crippen LogP) is 3.20. The first kappa shape index (κ1) is 10.7. The number of benzene rings is 1. The van der Waals surface area contributed by atoms with E-state index < -0.39 is 0 Å².